The number of nitrogens with zero attached hydrogens (tertiary/aromatic N) is 3. The first-order chi connectivity index (χ1) is 15.1. The van der Waals surface area contributed by atoms with Gasteiger partial charge in [-0.2, -0.15) is 5.26 Å². The zero-order chi connectivity index (χ0) is 21.9. The Morgan fingerprint density at radius 1 is 1.10 bits per heavy atom. The highest BCUT2D eigenvalue weighted by Gasteiger charge is 2.13. The van der Waals surface area contributed by atoms with Gasteiger partial charge in [0.15, 0.2) is 0 Å². The summed E-state index contributed by atoms with van der Waals surface area (Å²) in [5.41, 5.74) is 2.73. The predicted octanol–water partition coefficient (Wildman–Crippen LogP) is 3.54. The van der Waals surface area contributed by atoms with Gasteiger partial charge in [0.2, 0.25) is 5.91 Å². The lowest BCUT2D eigenvalue weighted by molar-refractivity contribution is -0.116. The Morgan fingerprint density at radius 2 is 1.87 bits per heavy atom. The molecule has 1 amide bonds. The summed E-state index contributed by atoms with van der Waals surface area (Å²) in [6, 6.07) is 17.4. The molecule has 0 bridgehead atoms. The van der Waals surface area contributed by atoms with E-state index in [1.807, 2.05) is 18.2 Å². The molecule has 164 valence electrons. The van der Waals surface area contributed by atoms with Crippen molar-refractivity contribution in [3.05, 3.63) is 59.7 Å². The zero-order valence-electron chi connectivity index (χ0n) is 18.3. The molecule has 1 N–H and O–H groups in total. The molecule has 31 heavy (non-hydrogen) atoms. The molecule has 6 heteroatoms. The van der Waals surface area contributed by atoms with Crippen LogP contribution in [0.4, 0.5) is 5.69 Å². The van der Waals surface area contributed by atoms with E-state index in [9.17, 15) is 4.79 Å². The van der Waals surface area contributed by atoms with Gasteiger partial charge in [0.25, 0.3) is 0 Å². The topological polar surface area (TPSA) is 68.6 Å². The van der Waals surface area contributed by atoms with Crippen LogP contribution in [0.15, 0.2) is 48.5 Å². The number of benzene rings is 2. The number of likely N-dealkylation sites (N-methyl/N-ethyl adjacent to an activating group) is 1. The summed E-state index contributed by atoms with van der Waals surface area (Å²) in [6.07, 6.45) is 3.05. The number of nitriles is 1. The van der Waals surface area contributed by atoms with Crippen LogP contribution >= 0.6 is 0 Å². The molecule has 2 aromatic carbocycles. The molecule has 3 rings (SSSR count). The van der Waals surface area contributed by atoms with Gasteiger partial charge in [-0.25, -0.2) is 0 Å². The van der Waals surface area contributed by atoms with Crippen molar-refractivity contribution in [1.82, 2.24) is 9.80 Å². The minimum absolute atomic E-state index is 0.0247. The molecule has 0 radical (unpaired) electrons. The van der Waals surface area contributed by atoms with Gasteiger partial charge < -0.3 is 19.9 Å². The maximum absolute atomic E-state index is 12.2. The van der Waals surface area contributed by atoms with Crippen LogP contribution in [0.5, 0.6) is 5.75 Å². The minimum Gasteiger partial charge on any atom is -0.494 e. The van der Waals surface area contributed by atoms with E-state index in [0.717, 1.165) is 57.7 Å². The maximum atomic E-state index is 12.2. The molecule has 0 aliphatic carbocycles. The molecule has 2 aromatic rings. The molecular weight excluding hydrogens is 388 g/mol. The highest BCUT2D eigenvalue weighted by molar-refractivity contribution is 5.90. The van der Waals surface area contributed by atoms with E-state index in [4.69, 9.17) is 10.00 Å². The Balaban J connectivity index is 1.29. The third-order valence-corrected chi connectivity index (χ3v) is 5.58. The van der Waals surface area contributed by atoms with Crippen LogP contribution in [-0.2, 0) is 11.2 Å². The molecule has 0 spiro atoms. The lowest BCUT2D eigenvalue weighted by atomic mass is 10.1. The van der Waals surface area contributed by atoms with Crippen molar-refractivity contribution in [2.75, 3.05) is 51.7 Å². The van der Waals surface area contributed by atoms with E-state index in [2.05, 4.69) is 40.4 Å². The van der Waals surface area contributed by atoms with Crippen LogP contribution in [0, 0.1) is 11.3 Å². The van der Waals surface area contributed by atoms with Crippen molar-refractivity contribution in [3.63, 3.8) is 0 Å². The second-order valence-corrected chi connectivity index (χ2v) is 8.09. The molecule has 1 aliphatic heterocycles. The lowest BCUT2D eigenvalue weighted by Crippen LogP contribution is -2.45. The number of nitrogens with one attached hydrogen (secondary N) is 1. The molecule has 0 aromatic heterocycles. The van der Waals surface area contributed by atoms with E-state index < -0.39 is 0 Å². The van der Waals surface area contributed by atoms with E-state index in [1.54, 1.807) is 18.2 Å². The molecule has 6 nitrogen and oxygen atoms in total. The van der Waals surface area contributed by atoms with Gasteiger partial charge in [0.05, 0.1) is 18.2 Å². The first kappa shape index (κ1) is 22.8. The predicted molar refractivity (Wildman–Crippen MR) is 123 cm³/mol. The molecule has 1 fully saturated rings. The number of anilines is 1. The fourth-order valence-electron chi connectivity index (χ4n) is 3.57. The van der Waals surface area contributed by atoms with Crippen LogP contribution in [0.1, 0.15) is 30.4 Å². The van der Waals surface area contributed by atoms with E-state index >= 15 is 0 Å². The van der Waals surface area contributed by atoms with E-state index in [1.165, 1.54) is 5.56 Å². The van der Waals surface area contributed by atoms with Crippen molar-refractivity contribution in [1.29, 1.82) is 5.26 Å². The first-order valence-corrected chi connectivity index (χ1v) is 11.0. The SMILES string of the molecule is CN1CCN(CCc2ccc(NC(=O)CCCCOc3cccc(C#N)c3)cc2)CC1. The number of ether oxygens (including phenoxy) is 1. The lowest BCUT2D eigenvalue weighted by Gasteiger charge is -2.32. The van der Waals surface area contributed by atoms with Gasteiger partial charge in [0, 0.05) is 44.8 Å². The minimum atomic E-state index is 0.0247. The van der Waals surface area contributed by atoms with Crippen LogP contribution in [-0.4, -0.2) is 62.1 Å². The molecule has 0 saturated carbocycles. The molecule has 0 atom stereocenters. The van der Waals surface area contributed by atoms with Gasteiger partial charge in [-0.3, -0.25) is 4.79 Å². The van der Waals surface area contributed by atoms with Gasteiger partial charge >= 0.3 is 0 Å². The summed E-state index contributed by atoms with van der Waals surface area (Å²) in [5.74, 6) is 0.716. The Labute approximate surface area is 185 Å². The second kappa shape index (κ2) is 12.1. The summed E-state index contributed by atoms with van der Waals surface area (Å²) in [5, 5.41) is 11.9. The second-order valence-electron chi connectivity index (χ2n) is 8.09. The summed E-state index contributed by atoms with van der Waals surface area (Å²) >= 11 is 0. The smallest absolute Gasteiger partial charge is 0.224 e. The number of piperazine rings is 1. The van der Waals surface area contributed by atoms with Crippen molar-refractivity contribution in [2.45, 2.75) is 25.7 Å². The zero-order valence-corrected chi connectivity index (χ0v) is 18.3. The highest BCUT2D eigenvalue weighted by atomic mass is 16.5. The number of carbonyl (C=O) groups excluding carboxylic acids is 1. The molecule has 0 unspecified atom stereocenters. The molecule has 1 saturated heterocycles. The number of rotatable bonds is 10. The third kappa shape index (κ3) is 8.05. The van der Waals surface area contributed by atoms with Crippen LogP contribution in [0.3, 0.4) is 0 Å². The average molecular weight is 421 g/mol. The van der Waals surface area contributed by atoms with Crippen LogP contribution < -0.4 is 10.1 Å². The molecule has 1 heterocycles. The Bertz CT molecular complexity index is 868. The highest BCUT2D eigenvalue weighted by Crippen LogP contribution is 2.14. The number of hydrogen-bond donors (Lipinski definition) is 1. The third-order valence-electron chi connectivity index (χ3n) is 5.58. The number of carbonyl (C=O) groups is 1. The number of amides is 1. The summed E-state index contributed by atoms with van der Waals surface area (Å²) in [4.78, 5) is 17.1. The molecular formula is C25H32N4O2. The largest absolute Gasteiger partial charge is 0.494 e. The normalized spacial score (nSPS) is 14.7. The summed E-state index contributed by atoms with van der Waals surface area (Å²) < 4.78 is 5.65. The van der Waals surface area contributed by atoms with Crippen LogP contribution in [0.25, 0.3) is 0 Å². The van der Waals surface area contributed by atoms with Gasteiger partial charge in [0.1, 0.15) is 5.75 Å². The van der Waals surface area contributed by atoms with Gasteiger partial charge in [-0.15, -0.1) is 0 Å². The van der Waals surface area contributed by atoms with E-state index in [-0.39, 0.29) is 5.91 Å². The monoisotopic (exact) mass is 420 g/mol. The van der Waals surface area contributed by atoms with Crippen molar-refractivity contribution >= 4 is 11.6 Å². The van der Waals surface area contributed by atoms with E-state index in [0.29, 0.717) is 24.3 Å². The van der Waals surface area contributed by atoms with Gasteiger partial charge in [-0.1, -0.05) is 18.2 Å². The fourth-order valence-corrected chi connectivity index (χ4v) is 3.57. The summed E-state index contributed by atoms with van der Waals surface area (Å²) in [6.45, 7) is 6.19. The van der Waals surface area contributed by atoms with Gasteiger partial charge in [-0.05, 0) is 62.2 Å². The number of unbranched alkanes of at least 4 members (excludes halogenated alkanes) is 1. The Kier molecular flexibility index (Phi) is 8.89. The van der Waals surface area contributed by atoms with Crippen molar-refractivity contribution < 1.29 is 9.53 Å². The summed E-state index contributed by atoms with van der Waals surface area (Å²) in [7, 11) is 2.18. The van der Waals surface area contributed by atoms with Crippen molar-refractivity contribution in [3.8, 4) is 11.8 Å². The first-order valence-electron chi connectivity index (χ1n) is 11.0. The van der Waals surface area contributed by atoms with Crippen LogP contribution in [0.2, 0.25) is 0 Å². The maximum Gasteiger partial charge on any atom is 0.224 e. The standard InChI is InChI=1S/C25H32N4O2/c1-28-14-16-29(17-15-28)13-12-21-8-10-23(11-9-21)27-25(30)7-2-3-18-31-24-6-4-5-22(19-24)20-26/h4-6,8-11,19H,2-3,7,12-18H2,1H3,(H,27,30). The Morgan fingerprint density at radius 3 is 2.61 bits per heavy atom. The number of hydrogen-bond acceptors (Lipinski definition) is 5. The Hall–Kier alpha value is -2.88. The average Bonchev–Trinajstić information content (AvgIpc) is 2.79. The van der Waals surface area contributed by atoms with Crippen molar-refractivity contribution in [2.24, 2.45) is 0 Å². The quantitative estimate of drug-likeness (QED) is 0.596. The molecule has 1 aliphatic rings. The fraction of sp³-hybridized carbons (Fsp3) is 0.440.